The van der Waals surface area contributed by atoms with Crippen LogP contribution in [0.1, 0.15) is 0 Å². The first-order chi connectivity index (χ1) is 2.00. The van der Waals surface area contributed by atoms with Crippen LogP contribution >= 0.6 is 0 Å². The molecule has 0 aromatic heterocycles. The molecule has 0 bridgehead atoms. The Morgan fingerprint density at radius 2 is 0.833 bits per heavy atom. The molecule has 0 spiro atoms. The van der Waals surface area contributed by atoms with Gasteiger partial charge in [-0.05, 0) is 0 Å². The van der Waals surface area contributed by atoms with Crippen LogP contribution in [0.25, 0.3) is 0 Å². The minimum atomic E-state index is -5.61. The summed E-state index contributed by atoms with van der Waals surface area (Å²) >= 11 is 0. The fraction of sp³-hybridized carbons (Fsp3) is 0. The number of rotatable bonds is 0. The Kier molecular flexibility index (Phi) is 2.20. The molecule has 0 saturated carbocycles. The van der Waals surface area contributed by atoms with Gasteiger partial charge in [-0.1, -0.05) is 0 Å². The van der Waals surface area contributed by atoms with E-state index in [4.69, 9.17) is 19.2 Å². The Bertz CT molecular complexity index is 23.0. The Hall–Kier alpha value is -0.943. The van der Waals surface area contributed by atoms with Gasteiger partial charge in [-0.2, -0.15) is 0 Å². The molecule has 0 unspecified atom stereocenters. The van der Waals surface area contributed by atoms with Crippen molar-refractivity contribution < 1.29 is 19.2 Å². The monoisotopic (exact) mass is 341 g/mol. The average molecular weight is 343 g/mol. The van der Waals surface area contributed by atoms with E-state index >= 15 is 0 Å². The molecule has 0 amide bonds. The standard InChI is InChI=1S/Cf.O4Si/c;1-5(2,3)4/q;-4. The maximum atomic E-state index is 8.58. The van der Waals surface area contributed by atoms with E-state index in [1.807, 2.05) is 0 Å². The Balaban J connectivity index is 0. The zero-order chi connectivity index (χ0) is 4.50. The van der Waals surface area contributed by atoms with E-state index in [9.17, 15) is 0 Å². The quantitative estimate of drug-likeness (QED) is 0.411. The minimum Gasteiger partial charge on any atom is -0.894 e. The van der Waals surface area contributed by atoms with Gasteiger partial charge in [-0.25, -0.2) is 0 Å². The van der Waals surface area contributed by atoms with E-state index in [2.05, 4.69) is 0 Å². The molecule has 4 nitrogen and oxygen atoms in total. The van der Waals surface area contributed by atoms with Crippen LogP contribution in [0.3, 0.4) is 0 Å². The molecule has 42 valence electrons. The van der Waals surface area contributed by atoms with E-state index in [1.165, 1.54) is 0 Å². The first kappa shape index (κ1) is 8.91. The van der Waals surface area contributed by atoms with Gasteiger partial charge in [0.05, 0.1) is 0 Å². The molecule has 0 heterocycles. The third-order valence-corrected chi connectivity index (χ3v) is 0. The molecule has 0 N–H and O–H groups in total. The van der Waals surface area contributed by atoms with E-state index in [-0.39, 0.29) is 0 Å². The van der Waals surface area contributed by atoms with Crippen LogP contribution in [0.2, 0.25) is 0 Å². The van der Waals surface area contributed by atoms with Gasteiger partial charge in [0.1, 0.15) is 0 Å². The summed E-state index contributed by atoms with van der Waals surface area (Å²) in [7, 11) is -5.61. The third-order valence-electron chi connectivity index (χ3n) is 0. The molecule has 6 heavy (non-hydrogen) atoms. The van der Waals surface area contributed by atoms with Gasteiger partial charge >= 0.3 is 0 Å². The Morgan fingerprint density at radius 3 is 0.833 bits per heavy atom. The van der Waals surface area contributed by atoms with Gasteiger partial charge in [-0.3, -0.25) is 0 Å². The second-order valence-electron chi connectivity index (χ2n) is 0.500. The predicted octanol–water partition coefficient (Wildman–Crippen LogP) is -5.14. The van der Waals surface area contributed by atoms with Crippen molar-refractivity contribution in [3.63, 3.8) is 0 Å². The van der Waals surface area contributed by atoms with Gasteiger partial charge in [0, 0.05) is 0 Å². The van der Waals surface area contributed by atoms with Gasteiger partial charge in [0.15, 0.2) is 0 Å². The second-order valence-corrected chi connectivity index (χ2v) is 1.50. The summed E-state index contributed by atoms with van der Waals surface area (Å²) in [6, 6.07) is 0. The smallest absolute Gasteiger partial charge is 0 e. The van der Waals surface area contributed by atoms with Crippen LogP contribution in [0.15, 0.2) is 0 Å². The van der Waals surface area contributed by atoms with Crippen LogP contribution in [0, 0.1) is 0 Å². The van der Waals surface area contributed by atoms with Crippen LogP contribution < -0.4 is 19.2 Å². The second kappa shape index (κ2) is 1.48. The third kappa shape index (κ3) is 14.5. The summed E-state index contributed by atoms with van der Waals surface area (Å²) < 4.78 is 0. The Labute approximate surface area is 29.4 Å². The maximum Gasteiger partial charge on any atom is 0 e. The zero-order valence-corrected chi connectivity index (χ0v) is 6.08. The van der Waals surface area contributed by atoms with Crippen molar-refractivity contribution in [2.75, 3.05) is 0 Å². The molecule has 0 radical (unpaired) electrons. The molecule has 6 heteroatoms. The van der Waals surface area contributed by atoms with Crippen molar-refractivity contribution in [3.8, 4) is 0 Å². The summed E-state index contributed by atoms with van der Waals surface area (Å²) in [5, 5.41) is 0. The van der Waals surface area contributed by atoms with Gasteiger partial charge in [-0.15, -0.1) is 0 Å². The molecule has 0 aliphatic carbocycles. The molecule has 0 aromatic carbocycles. The molecule has 0 saturated heterocycles. The molecule has 0 fully saturated rings. The molecule has 0 aliphatic rings. The molecular weight excluding hydrogens is 343 g/mol. The van der Waals surface area contributed by atoms with Crippen LogP contribution in [-0.4, -0.2) is 9.05 Å². The fourth-order valence-electron chi connectivity index (χ4n) is 0. The molecule has 0 rings (SSSR count). The largest absolute Gasteiger partial charge is 0.894 e. The number of hydrogen-bond donors (Lipinski definition) is 0. The van der Waals surface area contributed by atoms with Crippen molar-refractivity contribution in [3.05, 3.63) is 0 Å². The van der Waals surface area contributed by atoms with Crippen molar-refractivity contribution in [2.45, 2.75) is 0 Å². The average Bonchev–Trinajstić information content (AvgIpc) is 0.722. The van der Waals surface area contributed by atoms with E-state index in [1.54, 1.807) is 0 Å². The first-order valence-corrected chi connectivity index (χ1v) is 2.45. The number of hydrogen-bond acceptors (Lipinski definition) is 4. The van der Waals surface area contributed by atoms with E-state index in [0.717, 1.165) is 0 Å². The SMILES string of the molecule is [Cf].[O-][Si]([O-])([O-])[O-]. The topological polar surface area (TPSA) is 92.2 Å². The Morgan fingerprint density at radius 1 is 0.833 bits per heavy atom. The molecule has 0 aromatic rings. The molecular formula is CfO4Si-4. The van der Waals surface area contributed by atoms with Gasteiger partial charge in [0.25, 0.3) is 0 Å². The molecule has 0 atom stereocenters. The zero-order valence-electron chi connectivity index (χ0n) is 2.45. The van der Waals surface area contributed by atoms with Crippen LogP contribution in [-0.2, 0) is 0 Å². The normalized spacial score (nSPS) is 10.0. The van der Waals surface area contributed by atoms with E-state index in [0.29, 0.717) is 0 Å². The van der Waals surface area contributed by atoms with Crippen molar-refractivity contribution >= 4 is 9.05 Å². The summed E-state index contributed by atoms with van der Waals surface area (Å²) in [6.07, 6.45) is 0. The minimum absolute atomic E-state index is 0. The fourth-order valence-corrected chi connectivity index (χ4v) is 0. The first-order valence-electron chi connectivity index (χ1n) is 0.816. The van der Waals surface area contributed by atoms with E-state index < -0.39 is 9.05 Å². The summed E-state index contributed by atoms with van der Waals surface area (Å²) in [5.41, 5.74) is 0. The van der Waals surface area contributed by atoms with Crippen molar-refractivity contribution in [2.24, 2.45) is 0 Å². The summed E-state index contributed by atoms with van der Waals surface area (Å²) in [4.78, 5) is 34.3. The summed E-state index contributed by atoms with van der Waals surface area (Å²) in [6.45, 7) is 0. The van der Waals surface area contributed by atoms with Crippen LogP contribution in [0.4, 0.5) is 0 Å². The maximum absolute atomic E-state index is 8.58. The van der Waals surface area contributed by atoms with Crippen molar-refractivity contribution in [1.29, 1.82) is 0 Å². The summed E-state index contributed by atoms with van der Waals surface area (Å²) in [5.74, 6) is 0. The predicted molar refractivity (Wildman–Crippen MR) is 5.75 cm³/mol. The van der Waals surface area contributed by atoms with Crippen molar-refractivity contribution in [1.82, 2.24) is 0 Å². The van der Waals surface area contributed by atoms with Gasteiger partial charge < -0.3 is 28.2 Å². The van der Waals surface area contributed by atoms with Crippen LogP contribution in [0.5, 0.6) is 0 Å². The molecule has 0 aliphatic heterocycles. The van der Waals surface area contributed by atoms with Gasteiger partial charge in [0.2, 0.25) is 0 Å².